The number of nitrogens with zero attached hydrogens (tertiary/aromatic N) is 1. The van der Waals surface area contributed by atoms with E-state index in [1.807, 2.05) is 0 Å². The molecule has 0 aromatic rings. The molecule has 50 heavy (non-hydrogen) atoms. The van der Waals surface area contributed by atoms with E-state index in [2.05, 4.69) is 32.6 Å². The van der Waals surface area contributed by atoms with Crippen LogP contribution in [0.4, 0.5) is 0 Å². The second-order valence-electron chi connectivity index (χ2n) is 15.4. The van der Waals surface area contributed by atoms with Crippen molar-refractivity contribution in [3.8, 4) is 0 Å². The van der Waals surface area contributed by atoms with Gasteiger partial charge in [0.25, 0.3) is 0 Å². The molecule has 0 aromatic heterocycles. The third-order valence-corrected chi connectivity index (χ3v) is 10.5. The first-order valence-electron chi connectivity index (χ1n) is 22.2. The van der Waals surface area contributed by atoms with Crippen LogP contribution in [0.2, 0.25) is 0 Å². The lowest BCUT2D eigenvalue weighted by molar-refractivity contribution is -0.145. The van der Waals surface area contributed by atoms with E-state index in [9.17, 15) is 9.90 Å². The lowest BCUT2D eigenvalue weighted by atomic mass is 9.95. The Labute approximate surface area is 312 Å². The fraction of sp³-hybridized carbons (Fsp3) is 0.955. The number of aliphatic hydroxyl groups excluding tert-OH is 1. The van der Waals surface area contributed by atoms with Crippen LogP contribution in [0.5, 0.6) is 0 Å². The number of aliphatic hydroxyl groups is 1. The smallest absolute Gasteiger partial charge is 0.305 e. The summed E-state index contributed by atoms with van der Waals surface area (Å²) in [5.74, 6) is 1.44. The van der Waals surface area contributed by atoms with Gasteiger partial charge in [-0.2, -0.15) is 0 Å². The first-order chi connectivity index (χ1) is 24.5. The molecule has 0 rings (SSSR count). The second kappa shape index (κ2) is 39.1. The predicted octanol–water partition coefficient (Wildman–Crippen LogP) is 12.8. The molecule has 6 heteroatoms. The van der Waals surface area contributed by atoms with Crippen LogP contribution in [0.15, 0.2) is 0 Å². The highest BCUT2D eigenvalue weighted by Crippen LogP contribution is 2.21. The Hall–Kier alpha value is -1.14. The van der Waals surface area contributed by atoms with Gasteiger partial charge in [0.2, 0.25) is 0 Å². The number of ether oxygens (including phenoxy) is 2. The highest BCUT2D eigenvalue weighted by atomic mass is 16.5. The minimum absolute atomic E-state index is 0.0535. The molecule has 0 aromatic carbocycles. The second-order valence-corrected chi connectivity index (χ2v) is 15.4. The quantitative estimate of drug-likeness (QED) is 0.0286. The number of hydrogen-bond donors (Lipinski definition) is 2. The molecule has 0 aliphatic heterocycles. The molecule has 2 N–H and O–H groups in total. The summed E-state index contributed by atoms with van der Waals surface area (Å²) in [7, 11) is 0. The Morgan fingerprint density at radius 2 is 0.880 bits per heavy atom. The molecule has 0 saturated carbocycles. The minimum Gasteiger partial charge on any atom is -0.481 e. The number of esters is 1. The Balaban J connectivity index is 4.60. The van der Waals surface area contributed by atoms with E-state index in [0.29, 0.717) is 43.8 Å². The van der Waals surface area contributed by atoms with Crippen molar-refractivity contribution < 1.29 is 19.4 Å². The Bertz CT molecular complexity index is 664. The van der Waals surface area contributed by atoms with Gasteiger partial charge in [-0.1, -0.05) is 156 Å². The normalized spacial score (nSPS) is 12.8. The molecule has 0 saturated heterocycles. The van der Waals surface area contributed by atoms with Gasteiger partial charge in [-0.05, 0) is 82.8 Å². The van der Waals surface area contributed by atoms with E-state index in [-0.39, 0.29) is 12.6 Å². The van der Waals surface area contributed by atoms with E-state index < -0.39 is 0 Å². The molecule has 0 bridgehead atoms. The average Bonchev–Trinajstić information content (AvgIpc) is 3.11. The summed E-state index contributed by atoms with van der Waals surface area (Å²) in [6.45, 7) is 13.2. The van der Waals surface area contributed by atoms with Crippen LogP contribution < -0.4 is 0 Å². The van der Waals surface area contributed by atoms with Crippen LogP contribution in [0.1, 0.15) is 220 Å². The van der Waals surface area contributed by atoms with E-state index in [0.717, 1.165) is 45.3 Å². The summed E-state index contributed by atoms with van der Waals surface area (Å²) < 4.78 is 11.9. The maximum absolute atomic E-state index is 12.7. The number of carbonyl (C=O) groups is 1. The molecule has 298 valence electrons. The van der Waals surface area contributed by atoms with Gasteiger partial charge in [0.15, 0.2) is 5.90 Å². The SMILES string of the molecule is CCCCCCCCC(CCCCCC)COC(=N)CCCN(CCCCO)CCCC(=O)OCC(CCCCCC)CCCCCCCC. The van der Waals surface area contributed by atoms with Crippen molar-refractivity contribution in [1.29, 1.82) is 5.41 Å². The Morgan fingerprint density at radius 3 is 1.34 bits per heavy atom. The molecule has 0 fully saturated rings. The molecule has 0 spiro atoms. The fourth-order valence-corrected chi connectivity index (χ4v) is 7.03. The lowest BCUT2D eigenvalue weighted by Gasteiger charge is -2.23. The maximum atomic E-state index is 12.7. The maximum Gasteiger partial charge on any atom is 0.305 e. The van der Waals surface area contributed by atoms with Crippen molar-refractivity contribution in [3.05, 3.63) is 0 Å². The summed E-state index contributed by atoms with van der Waals surface area (Å²) in [4.78, 5) is 15.2. The zero-order chi connectivity index (χ0) is 36.8. The first-order valence-corrected chi connectivity index (χ1v) is 22.2. The molecule has 2 atom stereocenters. The van der Waals surface area contributed by atoms with Crippen LogP contribution in [-0.4, -0.2) is 61.3 Å². The van der Waals surface area contributed by atoms with E-state index in [1.165, 1.54) is 154 Å². The van der Waals surface area contributed by atoms with Gasteiger partial charge in [-0.15, -0.1) is 0 Å². The third kappa shape index (κ3) is 34.0. The predicted molar refractivity (Wildman–Crippen MR) is 216 cm³/mol. The molecule has 0 aliphatic rings. The molecule has 6 nitrogen and oxygen atoms in total. The number of rotatable bonds is 40. The van der Waals surface area contributed by atoms with Gasteiger partial charge in [-0.3, -0.25) is 10.2 Å². The zero-order valence-corrected chi connectivity index (χ0v) is 34.2. The van der Waals surface area contributed by atoms with Crippen molar-refractivity contribution in [2.24, 2.45) is 11.8 Å². The van der Waals surface area contributed by atoms with Crippen LogP contribution in [0.3, 0.4) is 0 Å². The van der Waals surface area contributed by atoms with Gasteiger partial charge >= 0.3 is 5.97 Å². The third-order valence-electron chi connectivity index (χ3n) is 10.5. The summed E-state index contributed by atoms with van der Waals surface area (Å²) in [5, 5.41) is 17.8. The first kappa shape index (κ1) is 48.9. The molecule has 0 radical (unpaired) electrons. The summed E-state index contributed by atoms with van der Waals surface area (Å²) >= 11 is 0. The van der Waals surface area contributed by atoms with E-state index in [1.54, 1.807) is 0 Å². The summed E-state index contributed by atoms with van der Waals surface area (Å²) in [5.41, 5.74) is 0. The van der Waals surface area contributed by atoms with Crippen LogP contribution in [0.25, 0.3) is 0 Å². The van der Waals surface area contributed by atoms with Crippen molar-refractivity contribution in [1.82, 2.24) is 4.90 Å². The number of hydrogen-bond acceptors (Lipinski definition) is 6. The minimum atomic E-state index is -0.0535. The lowest BCUT2D eigenvalue weighted by Crippen LogP contribution is -2.28. The monoisotopic (exact) mass is 709 g/mol. The summed E-state index contributed by atoms with van der Waals surface area (Å²) in [6, 6.07) is 0. The van der Waals surface area contributed by atoms with Crippen molar-refractivity contribution >= 4 is 11.9 Å². The fourth-order valence-electron chi connectivity index (χ4n) is 7.03. The van der Waals surface area contributed by atoms with E-state index >= 15 is 0 Å². The topological polar surface area (TPSA) is 82.9 Å². The molecule has 0 amide bonds. The molecule has 0 heterocycles. The zero-order valence-electron chi connectivity index (χ0n) is 34.2. The van der Waals surface area contributed by atoms with Crippen molar-refractivity contribution in [2.45, 2.75) is 220 Å². The van der Waals surface area contributed by atoms with Crippen molar-refractivity contribution in [3.63, 3.8) is 0 Å². The largest absolute Gasteiger partial charge is 0.481 e. The van der Waals surface area contributed by atoms with Gasteiger partial charge in [-0.25, -0.2) is 0 Å². The van der Waals surface area contributed by atoms with E-state index in [4.69, 9.17) is 14.9 Å². The molecule has 0 aliphatic carbocycles. The van der Waals surface area contributed by atoms with Crippen molar-refractivity contribution in [2.75, 3.05) is 39.5 Å². The number of unbranched alkanes of at least 4 members (excludes halogenated alkanes) is 17. The molecular formula is C44H88N2O4. The Kier molecular flexibility index (Phi) is 38.2. The Morgan fingerprint density at radius 1 is 0.500 bits per heavy atom. The van der Waals surface area contributed by atoms with Crippen LogP contribution in [-0.2, 0) is 14.3 Å². The molecule has 2 unspecified atom stereocenters. The van der Waals surface area contributed by atoms with Gasteiger partial charge in [0.1, 0.15) is 0 Å². The van der Waals surface area contributed by atoms with Gasteiger partial charge < -0.3 is 19.5 Å². The highest BCUT2D eigenvalue weighted by Gasteiger charge is 2.15. The number of nitrogens with one attached hydrogen (secondary N) is 1. The summed E-state index contributed by atoms with van der Waals surface area (Å²) in [6.07, 6.45) is 35.5. The van der Waals surface area contributed by atoms with Crippen LogP contribution >= 0.6 is 0 Å². The molecular weight excluding hydrogens is 620 g/mol. The van der Waals surface area contributed by atoms with Gasteiger partial charge in [0.05, 0.1) is 13.2 Å². The van der Waals surface area contributed by atoms with Crippen LogP contribution in [0, 0.1) is 17.2 Å². The number of carbonyl (C=O) groups excluding carboxylic acids is 1. The highest BCUT2D eigenvalue weighted by molar-refractivity contribution is 5.72. The standard InChI is InChI=1S/C44H88N2O4/c1-5-9-13-17-19-23-31-41(29-21-15-11-7-3)39-49-43(45)33-27-36-46(35-25-26-38-47)37-28-34-44(48)50-40-42(30-22-16-12-8-4)32-24-20-18-14-10-6-2/h41-42,45,47H,5-40H2,1-4H3. The average molecular weight is 709 g/mol. The van der Waals surface area contributed by atoms with Gasteiger partial charge in [0, 0.05) is 19.4 Å².